The molecule has 0 aromatic heterocycles. The van der Waals surface area contributed by atoms with E-state index in [2.05, 4.69) is 0 Å². The van der Waals surface area contributed by atoms with Gasteiger partial charge in [0.05, 0.1) is 11.8 Å². The highest BCUT2D eigenvalue weighted by atomic mass is 33.1. The molecule has 0 saturated carbocycles. The first-order chi connectivity index (χ1) is 7.72. The van der Waals surface area contributed by atoms with Crippen molar-refractivity contribution in [2.24, 2.45) is 17.2 Å². The lowest BCUT2D eigenvalue weighted by Crippen LogP contribution is -2.41. The molecule has 0 heterocycles. The van der Waals surface area contributed by atoms with Crippen LogP contribution < -0.4 is 17.2 Å². The van der Waals surface area contributed by atoms with Crippen LogP contribution in [0.3, 0.4) is 0 Å². The average molecular weight is 303 g/mol. The molecule has 2 atom stereocenters. The molecule has 0 fully saturated rings. The van der Waals surface area contributed by atoms with E-state index in [1.807, 2.05) is 0 Å². The molecule has 102 valence electrons. The number of carbonyl (C=O) groups excluding carboxylic acids is 1. The van der Waals surface area contributed by atoms with Crippen LogP contribution in [0.2, 0.25) is 0 Å². The number of nitrogens with two attached hydrogens (primary N) is 3. The number of thioether (sulfide) groups is 1. The number of aliphatic hydroxyl groups is 3. The Morgan fingerprint density at radius 1 is 1.24 bits per heavy atom. The lowest BCUT2D eigenvalue weighted by molar-refractivity contribution is -0.133. The van der Waals surface area contributed by atoms with Gasteiger partial charge in [0.25, 0.3) is 0 Å². The number of aliphatic hydroxyl groups excluding tert-OH is 1. The predicted octanol–water partition coefficient (Wildman–Crippen LogP) is -2.17. The van der Waals surface area contributed by atoms with Gasteiger partial charge in [-0.1, -0.05) is 33.3 Å². The Morgan fingerprint density at radius 2 is 1.82 bits per heavy atom. The standard InChI is InChI=1S/C7H17N3O4S3/c8-4(6(12)15-2-5(9)11)1-16-17-3-7(10,13)14/h4-5,11,13-14H,1-3,8-10H2. The first-order valence-corrected chi connectivity index (χ1v) is 8.03. The summed E-state index contributed by atoms with van der Waals surface area (Å²) in [4.78, 5) is 11.4. The quantitative estimate of drug-likeness (QED) is 0.166. The van der Waals surface area contributed by atoms with Gasteiger partial charge < -0.3 is 26.8 Å². The number of carbonyl (C=O) groups is 1. The minimum absolute atomic E-state index is 0.0900. The lowest BCUT2D eigenvalue weighted by Gasteiger charge is -2.15. The van der Waals surface area contributed by atoms with Crippen molar-refractivity contribution in [3.63, 3.8) is 0 Å². The summed E-state index contributed by atoms with van der Waals surface area (Å²) >= 11 is 0.871. The van der Waals surface area contributed by atoms with Crippen LogP contribution in [0.15, 0.2) is 0 Å². The summed E-state index contributed by atoms with van der Waals surface area (Å²) in [6.07, 6.45) is -1.04. The fourth-order valence-corrected chi connectivity index (χ4v) is 3.48. The maximum absolute atomic E-state index is 11.4. The molecule has 9 N–H and O–H groups in total. The molecule has 0 aromatic carbocycles. The topological polar surface area (TPSA) is 156 Å². The average Bonchev–Trinajstić information content (AvgIpc) is 2.19. The van der Waals surface area contributed by atoms with Crippen molar-refractivity contribution in [2.45, 2.75) is 18.2 Å². The predicted molar refractivity (Wildman–Crippen MR) is 71.9 cm³/mol. The SMILES string of the molecule is NC(O)CSC(=O)C(N)CSSCC(N)(O)O. The molecule has 10 heteroatoms. The third-order valence-electron chi connectivity index (χ3n) is 1.30. The summed E-state index contributed by atoms with van der Waals surface area (Å²) in [7, 11) is 2.32. The molecule has 0 spiro atoms. The van der Waals surface area contributed by atoms with Gasteiger partial charge in [-0.2, -0.15) is 0 Å². The highest BCUT2D eigenvalue weighted by molar-refractivity contribution is 8.76. The third-order valence-corrected chi connectivity index (χ3v) is 4.86. The van der Waals surface area contributed by atoms with Crippen LogP contribution in [-0.2, 0) is 4.79 Å². The molecule has 0 aliphatic carbocycles. The van der Waals surface area contributed by atoms with E-state index in [1.54, 1.807) is 0 Å². The molecule has 0 aromatic rings. The monoisotopic (exact) mass is 303 g/mol. The first kappa shape index (κ1) is 17.5. The van der Waals surface area contributed by atoms with Gasteiger partial charge in [0.15, 0.2) is 0 Å². The second kappa shape index (κ2) is 8.56. The van der Waals surface area contributed by atoms with Gasteiger partial charge in [0.1, 0.15) is 6.23 Å². The summed E-state index contributed by atoms with van der Waals surface area (Å²) in [5.41, 5.74) is 15.6. The van der Waals surface area contributed by atoms with Crippen molar-refractivity contribution in [2.75, 3.05) is 17.3 Å². The fourth-order valence-electron chi connectivity index (χ4n) is 0.592. The second-order valence-corrected chi connectivity index (χ2v) is 6.76. The van der Waals surface area contributed by atoms with Crippen LogP contribution in [0, 0.1) is 0 Å². The second-order valence-electron chi connectivity index (χ2n) is 3.23. The fraction of sp³-hybridized carbons (Fsp3) is 0.857. The summed E-state index contributed by atoms with van der Waals surface area (Å²) in [6.45, 7) is 0. The first-order valence-electron chi connectivity index (χ1n) is 4.56. The number of hydrogen-bond acceptors (Lipinski definition) is 10. The van der Waals surface area contributed by atoms with E-state index < -0.39 is 18.2 Å². The zero-order chi connectivity index (χ0) is 13.5. The van der Waals surface area contributed by atoms with Crippen LogP contribution in [-0.4, -0.2) is 55.9 Å². The van der Waals surface area contributed by atoms with Gasteiger partial charge in [-0.3, -0.25) is 10.5 Å². The van der Waals surface area contributed by atoms with Crippen LogP contribution in [0.5, 0.6) is 0 Å². The lowest BCUT2D eigenvalue weighted by atomic mass is 10.4. The molecule has 0 amide bonds. The van der Waals surface area contributed by atoms with Gasteiger partial charge in [0, 0.05) is 11.5 Å². The molecular formula is C7H17N3O4S3. The normalized spacial score (nSPS) is 15.6. The van der Waals surface area contributed by atoms with Crippen molar-refractivity contribution < 1.29 is 20.1 Å². The summed E-state index contributed by atoms with van der Waals surface area (Å²) in [6, 6.07) is -0.694. The van der Waals surface area contributed by atoms with Gasteiger partial charge in [-0.05, 0) is 0 Å². The van der Waals surface area contributed by atoms with Gasteiger partial charge in [-0.15, -0.1) is 0 Å². The van der Waals surface area contributed by atoms with Crippen LogP contribution in [0.25, 0.3) is 0 Å². The molecule has 0 rings (SSSR count). The minimum atomic E-state index is -2.22. The van der Waals surface area contributed by atoms with Crippen LogP contribution in [0.4, 0.5) is 0 Å². The molecule has 2 unspecified atom stereocenters. The largest absolute Gasteiger partial charge is 0.378 e. The van der Waals surface area contributed by atoms with Gasteiger partial charge in [0.2, 0.25) is 11.0 Å². The zero-order valence-corrected chi connectivity index (χ0v) is 11.4. The molecule has 0 radical (unpaired) electrons. The van der Waals surface area contributed by atoms with E-state index in [0.29, 0.717) is 5.75 Å². The zero-order valence-electron chi connectivity index (χ0n) is 8.98. The summed E-state index contributed by atoms with van der Waals surface area (Å²) in [5.74, 6) is -1.89. The van der Waals surface area contributed by atoms with E-state index in [1.165, 1.54) is 10.8 Å². The van der Waals surface area contributed by atoms with E-state index in [9.17, 15) is 4.79 Å². The Hall–Kier alpha value is 0.480. The van der Waals surface area contributed by atoms with Crippen molar-refractivity contribution in [1.82, 2.24) is 0 Å². The Kier molecular flexibility index (Phi) is 8.80. The molecule has 0 saturated heterocycles. The Balaban J connectivity index is 3.64. The highest BCUT2D eigenvalue weighted by Crippen LogP contribution is 2.24. The summed E-state index contributed by atoms with van der Waals surface area (Å²) in [5, 5.41) is 26.1. The van der Waals surface area contributed by atoms with Crippen LogP contribution >= 0.6 is 33.3 Å². The minimum Gasteiger partial charge on any atom is -0.378 e. The number of rotatable bonds is 8. The molecular weight excluding hydrogens is 286 g/mol. The Labute approximate surface area is 111 Å². The van der Waals surface area contributed by atoms with Crippen molar-refractivity contribution in [3.05, 3.63) is 0 Å². The third kappa shape index (κ3) is 11.3. The maximum Gasteiger partial charge on any atom is 0.230 e. The van der Waals surface area contributed by atoms with Gasteiger partial charge >= 0.3 is 0 Å². The Bertz CT molecular complexity index is 237. The van der Waals surface area contributed by atoms with Gasteiger partial charge in [-0.25, -0.2) is 0 Å². The smallest absolute Gasteiger partial charge is 0.230 e. The summed E-state index contributed by atoms with van der Waals surface area (Å²) < 4.78 is 0. The van der Waals surface area contributed by atoms with E-state index in [-0.39, 0.29) is 16.6 Å². The molecule has 0 bridgehead atoms. The molecule has 0 aliphatic rings. The van der Waals surface area contributed by atoms with E-state index >= 15 is 0 Å². The Morgan fingerprint density at radius 3 is 2.29 bits per heavy atom. The molecule has 0 aliphatic heterocycles. The van der Waals surface area contributed by atoms with Crippen LogP contribution in [0.1, 0.15) is 0 Å². The maximum atomic E-state index is 11.4. The molecule has 17 heavy (non-hydrogen) atoms. The van der Waals surface area contributed by atoms with E-state index in [4.69, 9.17) is 32.5 Å². The van der Waals surface area contributed by atoms with Crippen molar-refractivity contribution in [3.8, 4) is 0 Å². The molecule has 7 nitrogen and oxygen atoms in total. The van der Waals surface area contributed by atoms with Crippen molar-refractivity contribution in [1.29, 1.82) is 0 Å². The van der Waals surface area contributed by atoms with Crippen molar-refractivity contribution >= 4 is 38.5 Å². The van der Waals surface area contributed by atoms with E-state index in [0.717, 1.165) is 22.6 Å². The highest BCUT2D eigenvalue weighted by Gasteiger charge is 2.18. The number of hydrogen-bond donors (Lipinski definition) is 6.